The van der Waals surface area contributed by atoms with Crippen LogP contribution in [0.1, 0.15) is 37.5 Å². The van der Waals surface area contributed by atoms with Gasteiger partial charge in [-0.2, -0.15) is 13.2 Å². The van der Waals surface area contributed by atoms with E-state index in [2.05, 4.69) is 10.8 Å². The fraction of sp³-hybridized carbons (Fsp3) is 0.360. The Morgan fingerprint density at radius 3 is 2.11 bits per heavy atom. The number of likely N-dealkylation sites (tertiary alicyclic amines) is 1. The summed E-state index contributed by atoms with van der Waals surface area (Å²) in [7, 11) is 0. The number of nitrogens with zero attached hydrogens (tertiary/aromatic N) is 1. The van der Waals surface area contributed by atoms with E-state index in [0.29, 0.717) is 0 Å². The van der Waals surface area contributed by atoms with E-state index in [1.54, 1.807) is 0 Å². The number of benzene rings is 2. The third kappa shape index (κ3) is 4.83. The highest BCUT2D eigenvalue weighted by Gasteiger charge is 2.60. The van der Waals surface area contributed by atoms with Crippen LogP contribution in [0.3, 0.4) is 0 Å². The number of rotatable bonds is 5. The summed E-state index contributed by atoms with van der Waals surface area (Å²) < 4.78 is 71.9. The highest BCUT2D eigenvalue weighted by molar-refractivity contribution is 6.35. The van der Waals surface area contributed by atoms with Crippen LogP contribution >= 0.6 is 23.2 Å². The molecule has 1 fully saturated rings. The lowest BCUT2D eigenvalue weighted by atomic mass is 9.85. The first-order valence-corrected chi connectivity index (χ1v) is 12.0. The number of amides is 2. The molecule has 1 atom stereocenters. The molecule has 6 nitrogen and oxygen atoms in total. The number of hydrogen-bond donors (Lipinski definition) is 2. The molecule has 2 aliphatic rings. The maximum atomic E-state index is 15.5. The Morgan fingerprint density at radius 2 is 1.61 bits per heavy atom. The SMILES string of the molecule is CC(=O)NC(C)(C)C(=O)N1CC(F)(c2ccc(C3=CC(c4cc(Cl)c(F)c(Cl)c4)(C(F)(F)F)ON3)cc2)C1. The van der Waals surface area contributed by atoms with Crippen molar-refractivity contribution in [1.29, 1.82) is 0 Å². The Hall–Kier alpha value is -2.89. The molecule has 1 saturated heterocycles. The summed E-state index contributed by atoms with van der Waals surface area (Å²) in [4.78, 5) is 30.2. The number of nitrogens with one attached hydrogen (secondary N) is 2. The van der Waals surface area contributed by atoms with Crippen LogP contribution < -0.4 is 10.8 Å². The lowest BCUT2D eigenvalue weighted by molar-refractivity contribution is -0.269. The molecule has 2 amide bonds. The zero-order valence-electron chi connectivity index (χ0n) is 20.3. The fourth-order valence-corrected chi connectivity index (χ4v) is 4.96. The maximum Gasteiger partial charge on any atom is 0.428 e. The van der Waals surface area contributed by atoms with Gasteiger partial charge in [0.2, 0.25) is 17.4 Å². The molecule has 2 aliphatic heterocycles. The first kappa shape index (κ1) is 28.1. The molecule has 0 aromatic heterocycles. The van der Waals surface area contributed by atoms with Crippen LogP contribution in [0, 0.1) is 5.82 Å². The van der Waals surface area contributed by atoms with Crippen LogP contribution in [-0.4, -0.2) is 41.5 Å². The summed E-state index contributed by atoms with van der Waals surface area (Å²) in [6.07, 6.45) is -4.22. The molecular weight excluding hydrogens is 556 g/mol. The summed E-state index contributed by atoms with van der Waals surface area (Å²) in [6, 6.07) is 7.17. The van der Waals surface area contributed by atoms with E-state index in [1.807, 2.05) is 0 Å². The van der Waals surface area contributed by atoms with Gasteiger partial charge in [-0.25, -0.2) is 8.78 Å². The second-order valence-electron chi connectivity index (χ2n) is 9.76. The van der Waals surface area contributed by atoms with Crippen molar-refractivity contribution in [2.45, 2.75) is 43.8 Å². The predicted octanol–water partition coefficient (Wildman–Crippen LogP) is 5.39. The molecule has 0 aliphatic carbocycles. The van der Waals surface area contributed by atoms with Crippen molar-refractivity contribution >= 4 is 40.7 Å². The van der Waals surface area contributed by atoms with Crippen molar-refractivity contribution < 1.29 is 36.4 Å². The predicted molar refractivity (Wildman–Crippen MR) is 130 cm³/mol. The second kappa shape index (κ2) is 9.39. The minimum Gasteiger partial charge on any atom is -0.342 e. The van der Waals surface area contributed by atoms with E-state index in [0.717, 1.165) is 18.2 Å². The monoisotopic (exact) mass is 577 g/mol. The van der Waals surface area contributed by atoms with Gasteiger partial charge in [-0.15, -0.1) is 0 Å². The summed E-state index contributed by atoms with van der Waals surface area (Å²) in [5, 5.41) is 1.31. The van der Waals surface area contributed by atoms with Crippen LogP contribution in [0.4, 0.5) is 22.0 Å². The minimum atomic E-state index is -4.98. The van der Waals surface area contributed by atoms with Crippen LogP contribution in [0.25, 0.3) is 5.70 Å². The van der Waals surface area contributed by atoms with Crippen LogP contribution in [-0.2, 0) is 25.7 Å². The van der Waals surface area contributed by atoms with Crippen molar-refractivity contribution in [1.82, 2.24) is 15.7 Å². The van der Waals surface area contributed by atoms with E-state index in [4.69, 9.17) is 28.0 Å². The van der Waals surface area contributed by atoms with Crippen LogP contribution in [0.15, 0.2) is 42.5 Å². The number of alkyl halides is 4. The van der Waals surface area contributed by atoms with Crippen molar-refractivity contribution in [3.8, 4) is 0 Å². The van der Waals surface area contributed by atoms with Gasteiger partial charge < -0.3 is 10.2 Å². The fourth-order valence-electron chi connectivity index (χ4n) is 4.48. The van der Waals surface area contributed by atoms with Crippen molar-refractivity contribution in [3.63, 3.8) is 0 Å². The lowest BCUT2D eigenvalue weighted by Crippen LogP contribution is -2.65. The van der Waals surface area contributed by atoms with E-state index in [1.165, 1.54) is 49.9 Å². The highest BCUT2D eigenvalue weighted by Crippen LogP contribution is 2.49. The van der Waals surface area contributed by atoms with Gasteiger partial charge in [0.15, 0.2) is 11.5 Å². The number of hydroxylamine groups is 1. The Bertz CT molecular complexity index is 1300. The smallest absolute Gasteiger partial charge is 0.342 e. The molecule has 1 unspecified atom stereocenters. The van der Waals surface area contributed by atoms with Gasteiger partial charge in [0.1, 0.15) is 5.54 Å². The van der Waals surface area contributed by atoms with E-state index < -0.39 is 56.2 Å². The van der Waals surface area contributed by atoms with Gasteiger partial charge in [-0.3, -0.25) is 19.9 Å². The average molecular weight is 578 g/mol. The molecule has 2 aromatic carbocycles. The number of hydrogen-bond acceptors (Lipinski definition) is 4. The molecule has 4 rings (SSSR count). The second-order valence-corrected chi connectivity index (χ2v) is 10.6. The molecule has 0 radical (unpaired) electrons. The average Bonchev–Trinajstić information content (AvgIpc) is 3.26. The Balaban J connectivity index is 1.56. The summed E-state index contributed by atoms with van der Waals surface area (Å²) in [6.45, 7) is 3.81. The number of carbonyl (C=O) groups is 2. The molecule has 0 bridgehead atoms. The Kier molecular flexibility index (Phi) is 6.95. The Morgan fingerprint density at radius 1 is 1.05 bits per heavy atom. The molecule has 38 heavy (non-hydrogen) atoms. The number of carbonyl (C=O) groups excluding carboxylic acids is 2. The van der Waals surface area contributed by atoms with Gasteiger partial charge in [0, 0.05) is 12.5 Å². The van der Waals surface area contributed by atoms with Gasteiger partial charge >= 0.3 is 6.18 Å². The molecular formula is C25H22Cl2F5N3O3. The van der Waals surface area contributed by atoms with Crippen LogP contribution in [0.2, 0.25) is 10.0 Å². The van der Waals surface area contributed by atoms with E-state index >= 15 is 4.39 Å². The lowest BCUT2D eigenvalue weighted by Gasteiger charge is -2.47. The van der Waals surface area contributed by atoms with E-state index in [9.17, 15) is 27.2 Å². The summed E-state index contributed by atoms with van der Waals surface area (Å²) in [5.74, 6) is -1.90. The standard InChI is InChI=1S/C25H22Cl2F5N3O3/c1-13(36)33-22(2,3)21(37)35-11-23(29,12-35)15-6-4-14(5-7-15)19-10-24(38-34-19,25(30,31)32)16-8-17(26)20(28)18(27)9-16/h4-10,34H,11-12H2,1-3H3,(H,33,36). The molecule has 204 valence electrons. The molecule has 2 heterocycles. The van der Waals surface area contributed by atoms with Crippen molar-refractivity contribution in [3.05, 3.63) is 75.0 Å². The van der Waals surface area contributed by atoms with Gasteiger partial charge in [-0.05, 0) is 43.2 Å². The zero-order valence-corrected chi connectivity index (χ0v) is 21.8. The van der Waals surface area contributed by atoms with E-state index in [-0.39, 0.29) is 29.9 Å². The first-order valence-electron chi connectivity index (χ1n) is 11.3. The third-order valence-electron chi connectivity index (χ3n) is 6.41. The first-order chi connectivity index (χ1) is 17.5. The summed E-state index contributed by atoms with van der Waals surface area (Å²) >= 11 is 11.4. The van der Waals surface area contributed by atoms with Crippen molar-refractivity contribution in [2.24, 2.45) is 0 Å². The summed E-state index contributed by atoms with van der Waals surface area (Å²) in [5.41, 5.74) is -3.98. The molecule has 0 spiro atoms. The number of halogens is 7. The minimum absolute atomic E-state index is 0.0687. The molecule has 2 N–H and O–H groups in total. The third-order valence-corrected chi connectivity index (χ3v) is 6.96. The van der Waals surface area contributed by atoms with Gasteiger partial charge in [-0.1, -0.05) is 47.5 Å². The van der Waals surface area contributed by atoms with Crippen molar-refractivity contribution in [2.75, 3.05) is 13.1 Å². The zero-order chi connectivity index (χ0) is 28.3. The van der Waals surface area contributed by atoms with Crippen LogP contribution in [0.5, 0.6) is 0 Å². The molecule has 0 saturated carbocycles. The molecule has 2 aromatic rings. The maximum absolute atomic E-state index is 15.5. The van der Waals surface area contributed by atoms with Gasteiger partial charge in [0.05, 0.1) is 28.8 Å². The normalized spacial score (nSPS) is 20.9. The Labute approximate surface area is 224 Å². The topological polar surface area (TPSA) is 70.7 Å². The largest absolute Gasteiger partial charge is 0.428 e. The highest BCUT2D eigenvalue weighted by atomic mass is 35.5. The molecule has 13 heteroatoms. The quantitative estimate of drug-likeness (QED) is 0.369. The van der Waals surface area contributed by atoms with Gasteiger partial charge in [0.25, 0.3) is 0 Å².